The van der Waals surface area contributed by atoms with Crippen LogP contribution in [0.4, 0.5) is 0 Å². The molecule has 2 aromatic rings. The molecule has 0 radical (unpaired) electrons. The third-order valence-electron chi connectivity index (χ3n) is 7.55. The Labute approximate surface area is 284 Å². The number of carbonyl (C=O) groups excluding carboxylic acids is 4. The number of fused-ring (bicyclic) bond motifs is 1. The van der Waals surface area contributed by atoms with Crippen LogP contribution in [0, 0.1) is 11.3 Å². The molecule has 0 aliphatic carbocycles. The molecule has 0 spiro atoms. The Morgan fingerprint density at radius 1 is 1.11 bits per heavy atom. The second-order valence-corrected chi connectivity index (χ2v) is 14.9. The van der Waals surface area contributed by atoms with Crippen molar-refractivity contribution < 1.29 is 29.0 Å². The molecule has 1 fully saturated rings. The first-order valence-electron chi connectivity index (χ1n) is 15.1. The van der Waals surface area contributed by atoms with Gasteiger partial charge in [-0.25, -0.2) is 5.43 Å². The molecule has 11 nitrogen and oxygen atoms in total. The van der Waals surface area contributed by atoms with Crippen LogP contribution in [0.25, 0.3) is 16.8 Å². The van der Waals surface area contributed by atoms with Crippen molar-refractivity contribution in [3.8, 4) is 0 Å². The summed E-state index contributed by atoms with van der Waals surface area (Å²) in [7, 11) is 0. The maximum Gasteiger partial charge on any atom is 0.325 e. The number of alkyl halides is 3. The number of amides is 3. The summed E-state index contributed by atoms with van der Waals surface area (Å²) in [5, 5.41) is 18.5. The van der Waals surface area contributed by atoms with Gasteiger partial charge in [-0.3, -0.25) is 29.2 Å². The number of hydrogen-bond acceptors (Lipinski definition) is 8. The highest BCUT2D eigenvalue weighted by Crippen LogP contribution is 2.27. The van der Waals surface area contributed by atoms with Gasteiger partial charge in [-0.05, 0) is 69.5 Å². The molecule has 1 aromatic heterocycles. The lowest BCUT2D eigenvalue weighted by molar-refractivity contribution is -0.152. The van der Waals surface area contributed by atoms with E-state index in [2.05, 4.69) is 21.0 Å². The number of rotatable bonds is 11. The number of pyridine rings is 1. The number of benzene rings is 1. The maximum absolute atomic E-state index is 13.4. The molecule has 0 saturated carbocycles. The van der Waals surface area contributed by atoms with E-state index < -0.39 is 57.8 Å². The summed E-state index contributed by atoms with van der Waals surface area (Å²) in [5.41, 5.74) is 3.27. The Balaban J connectivity index is 1.62. The van der Waals surface area contributed by atoms with Crippen LogP contribution in [-0.4, -0.2) is 73.9 Å². The summed E-state index contributed by atoms with van der Waals surface area (Å²) in [6, 6.07) is 4.91. The Morgan fingerprint density at radius 3 is 2.43 bits per heavy atom. The number of esters is 1. The number of nitrogens with zero attached hydrogens (tertiary/aromatic N) is 2. The number of aliphatic hydroxyl groups is 1. The average Bonchev–Trinajstić information content (AvgIpc) is 2.99. The minimum Gasteiger partial charge on any atom is -0.460 e. The fraction of sp³-hybridized carbons (Fsp3) is 0.531. The van der Waals surface area contributed by atoms with Crippen LogP contribution in [0.5, 0.6) is 0 Å². The van der Waals surface area contributed by atoms with E-state index in [-0.39, 0.29) is 11.8 Å². The molecule has 4 atom stereocenters. The van der Waals surface area contributed by atoms with Crippen molar-refractivity contribution in [2.45, 2.75) is 82.4 Å². The lowest BCUT2D eigenvalue weighted by Gasteiger charge is -2.35. The minimum atomic E-state index is -1.76. The smallest absolute Gasteiger partial charge is 0.325 e. The number of halogens is 3. The van der Waals surface area contributed by atoms with Gasteiger partial charge < -0.3 is 20.5 Å². The number of aliphatic hydroxyl groups excluding tert-OH is 1. The van der Waals surface area contributed by atoms with Crippen LogP contribution in [0.15, 0.2) is 36.5 Å². The molecule has 0 bridgehead atoms. The topological polar surface area (TPSA) is 150 Å². The zero-order chi connectivity index (χ0) is 34.4. The molecule has 46 heavy (non-hydrogen) atoms. The molecular formula is C32H42Cl3N5O6. The van der Waals surface area contributed by atoms with E-state index in [1.165, 1.54) is 11.9 Å². The van der Waals surface area contributed by atoms with Crippen LogP contribution < -0.4 is 16.1 Å². The highest BCUT2D eigenvalue weighted by Gasteiger charge is 2.35. The van der Waals surface area contributed by atoms with Gasteiger partial charge in [-0.1, -0.05) is 72.9 Å². The number of carbonyl (C=O) groups is 4. The van der Waals surface area contributed by atoms with Crippen molar-refractivity contribution in [1.29, 1.82) is 0 Å². The molecule has 4 N–H and O–H groups in total. The SMILES string of the molecule is CC(C)C(NC(=O)C(C)(C)/C=C/c1ccc2cnc([C@@H](C)O)cc2c1)C(=O)N[C@@H](C)C(=O)N1CCC[C@@H](C(=O)OCC(Cl)(Cl)Cl)N1. The van der Waals surface area contributed by atoms with Gasteiger partial charge in [0.1, 0.15) is 24.7 Å². The van der Waals surface area contributed by atoms with Gasteiger partial charge >= 0.3 is 5.97 Å². The number of hydrogen-bond donors (Lipinski definition) is 4. The fourth-order valence-electron chi connectivity index (χ4n) is 4.72. The number of aromatic nitrogens is 1. The molecule has 1 saturated heterocycles. The highest BCUT2D eigenvalue weighted by molar-refractivity contribution is 6.67. The van der Waals surface area contributed by atoms with E-state index in [0.29, 0.717) is 25.1 Å². The molecule has 252 valence electrons. The standard InChI is InChI=1S/C32H42Cl3N5O6/c1-18(2)26(27(42)37-19(3)28(43)40-13-7-8-24(39-40)29(44)46-17-32(33,34)35)38-30(45)31(5,6)12-11-21-9-10-22-16-36-25(20(4)41)15-23(22)14-21/h9-12,14-16,18-20,24,26,39,41H,7-8,13,17H2,1-6H3,(H,37,42)(H,38,45)/b12-11+/t19-,20+,24-,26?/m0/s1. The molecule has 1 unspecified atom stereocenters. The second kappa shape index (κ2) is 15.8. The molecule has 1 aliphatic rings. The first kappa shape index (κ1) is 37.5. The summed E-state index contributed by atoms with van der Waals surface area (Å²) >= 11 is 17.0. The van der Waals surface area contributed by atoms with E-state index in [1.807, 2.05) is 30.3 Å². The van der Waals surface area contributed by atoms with Crippen molar-refractivity contribution in [2.75, 3.05) is 13.2 Å². The van der Waals surface area contributed by atoms with Gasteiger partial charge in [0, 0.05) is 18.1 Å². The normalized spacial score (nSPS) is 17.9. The van der Waals surface area contributed by atoms with Gasteiger partial charge in [-0.2, -0.15) is 0 Å². The Morgan fingerprint density at radius 2 is 1.80 bits per heavy atom. The van der Waals surface area contributed by atoms with Crippen LogP contribution >= 0.6 is 34.8 Å². The monoisotopic (exact) mass is 697 g/mol. The number of ether oxygens (including phenoxy) is 1. The van der Waals surface area contributed by atoms with Crippen LogP contribution in [0.2, 0.25) is 0 Å². The third kappa shape index (κ3) is 10.5. The van der Waals surface area contributed by atoms with Gasteiger partial charge in [0.2, 0.25) is 15.6 Å². The van der Waals surface area contributed by atoms with Gasteiger partial charge in [0.15, 0.2) is 0 Å². The summed E-state index contributed by atoms with van der Waals surface area (Å²) < 4.78 is 3.27. The zero-order valence-electron chi connectivity index (χ0n) is 26.8. The van der Waals surface area contributed by atoms with Crippen molar-refractivity contribution in [2.24, 2.45) is 11.3 Å². The van der Waals surface area contributed by atoms with Crippen molar-refractivity contribution >= 4 is 75.3 Å². The van der Waals surface area contributed by atoms with Gasteiger partial charge in [0.05, 0.1) is 17.2 Å². The van der Waals surface area contributed by atoms with Gasteiger partial charge in [0.25, 0.3) is 5.91 Å². The summed E-state index contributed by atoms with van der Waals surface area (Å²) in [6.45, 7) is 10.1. The van der Waals surface area contributed by atoms with E-state index in [4.69, 9.17) is 39.5 Å². The summed E-state index contributed by atoms with van der Waals surface area (Å²) in [4.78, 5) is 56.5. The largest absolute Gasteiger partial charge is 0.460 e. The maximum atomic E-state index is 13.4. The number of nitrogens with one attached hydrogen (secondary N) is 3. The lowest BCUT2D eigenvalue weighted by atomic mass is 9.89. The Hall–Kier alpha value is -2.96. The predicted molar refractivity (Wildman–Crippen MR) is 179 cm³/mol. The Kier molecular flexibility index (Phi) is 12.8. The Bertz CT molecular complexity index is 1460. The summed E-state index contributed by atoms with van der Waals surface area (Å²) in [6.07, 6.45) is 5.54. The van der Waals surface area contributed by atoms with E-state index >= 15 is 0 Å². The lowest BCUT2D eigenvalue weighted by Crippen LogP contribution is -2.61. The molecule has 14 heteroatoms. The average molecular weight is 699 g/mol. The summed E-state index contributed by atoms with van der Waals surface area (Å²) in [5.74, 6) is -2.30. The second-order valence-electron chi connectivity index (χ2n) is 12.4. The quantitative estimate of drug-likeness (QED) is 0.200. The molecular weight excluding hydrogens is 657 g/mol. The molecule has 1 aliphatic heterocycles. The van der Waals surface area contributed by atoms with E-state index in [0.717, 1.165) is 16.3 Å². The predicted octanol–water partition coefficient (Wildman–Crippen LogP) is 4.38. The van der Waals surface area contributed by atoms with Crippen molar-refractivity contribution in [3.63, 3.8) is 0 Å². The highest BCUT2D eigenvalue weighted by atomic mass is 35.6. The minimum absolute atomic E-state index is 0.284. The first-order valence-corrected chi connectivity index (χ1v) is 16.2. The fourth-order valence-corrected chi connectivity index (χ4v) is 4.88. The van der Waals surface area contributed by atoms with Crippen molar-refractivity contribution in [3.05, 3.63) is 47.8 Å². The first-order chi connectivity index (χ1) is 21.4. The van der Waals surface area contributed by atoms with E-state index in [9.17, 15) is 24.3 Å². The third-order valence-corrected chi connectivity index (χ3v) is 7.88. The zero-order valence-corrected chi connectivity index (χ0v) is 29.0. The van der Waals surface area contributed by atoms with Crippen LogP contribution in [-0.2, 0) is 23.9 Å². The van der Waals surface area contributed by atoms with Gasteiger partial charge in [-0.15, -0.1) is 0 Å². The van der Waals surface area contributed by atoms with E-state index in [1.54, 1.807) is 46.9 Å². The van der Waals surface area contributed by atoms with Crippen molar-refractivity contribution in [1.82, 2.24) is 26.1 Å². The molecule has 3 rings (SSSR count). The molecule has 1 aromatic carbocycles. The van der Waals surface area contributed by atoms with Crippen LogP contribution in [0.3, 0.4) is 0 Å². The number of hydrazine groups is 1. The van der Waals surface area contributed by atoms with Crippen LogP contribution in [0.1, 0.15) is 71.7 Å². The molecule has 2 heterocycles. The molecule has 3 amide bonds.